The van der Waals surface area contributed by atoms with Crippen LogP contribution in [0.3, 0.4) is 0 Å². The quantitative estimate of drug-likeness (QED) is 0.802. The van der Waals surface area contributed by atoms with Crippen LogP contribution in [0.5, 0.6) is 0 Å². The minimum absolute atomic E-state index is 0.273. The van der Waals surface area contributed by atoms with Crippen LogP contribution in [0.25, 0.3) is 0 Å². The molecule has 1 amide bonds. The third-order valence-electron chi connectivity index (χ3n) is 5.82. The molecule has 138 valence electrons. The fraction of sp³-hybridized carbons (Fsp3) is 0.524. The van der Waals surface area contributed by atoms with Crippen molar-refractivity contribution >= 4 is 11.6 Å². The lowest BCUT2D eigenvalue weighted by Crippen LogP contribution is -2.38. The zero-order valence-corrected chi connectivity index (χ0v) is 15.3. The molecule has 0 aliphatic carbocycles. The van der Waals surface area contributed by atoms with E-state index in [0.29, 0.717) is 12.3 Å². The molecular weight excluding hydrogens is 324 g/mol. The average Bonchev–Trinajstić information content (AvgIpc) is 3.31. The Morgan fingerprint density at radius 3 is 2.58 bits per heavy atom. The molecule has 4 rings (SSSR count). The van der Waals surface area contributed by atoms with Crippen molar-refractivity contribution in [2.75, 3.05) is 31.1 Å². The van der Waals surface area contributed by atoms with Gasteiger partial charge in [-0.3, -0.25) is 9.48 Å². The lowest BCUT2D eigenvalue weighted by molar-refractivity contribution is -0.117. The zero-order chi connectivity index (χ0) is 17.8. The summed E-state index contributed by atoms with van der Waals surface area (Å²) in [5.74, 6) is 1.54. The topological polar surface area (TPSA) is 41.4 Å². The number of rotatable bonds is 6. The largest absolute Gasteiger partial charge is 0.312 e. The maximum absolute atomic E-state index is 12.4. The molecule has 5 heteroatoms. The van der Waals surface area contributed by atoms with Crippen molar-refractivity contribution in [2.24, 2.45) is 11.8 Å². The maximum Gasteiger partial charge on any atom is 0.227 e. The molecule has 3 heterocycles. The van der Waals surface area contributed by atoms with Crippen LogP contribution in [0.15, 0.2) is 48.8 Å². The molecule has 2 fully saturated rings. The summed E-state index contributed by atoms with van der Waals surface area (Å²) in [6, 6.07) is 12.1. The monoisotopic (exact) mass is 352 g/mol. The number of piperidine rings is 1. The summed E-state index contributed by atoms with van der Waals surface area (Å²) in [5.41, 5.74) is 1.04. The first-order valence-corrected chi connectivity index (χ1v) is 9.83. The fourth-order valence-electron chi connectivity index (χ4n) is 4.33. The molecule has 1 aromatic heterocycles. The van der Waals surface area contributed by atoms with Gasteiger partial charge in [0.1, 0.15) is 0 Å². The van der Waals surface area contributed by atoms with E-state index >= 15 is 0 Å². The van der Waals surface area contributed by atoms with Crippen LogP contribution in [-0.2, 0) is 11.3 Å². The van der Waals surface area contributed by atoms with E-state index in [1.54, 1.807) is 0 Å². The average molecular weight is 352 g/mol. The molecule has 1 aromatic carbocycles. The molecule has 26 heavy (non-hydrogen) atoms. The van der Waals surface area contributed by atoms with Gasteiger partial charge in [0.15, 0.2) is 0 Å². The molecule has 2 aliphatic heterocycles. The molecular formula is C21H28N4O. The number of amides is 1. The van der Waals surface area contributed by atoms with Crippen molar-refractivity contribution in [2.45, 2.75) is 32.2 Å². The summed E-state index contributed by atoms with van der Waals surface area (Å²) >= 11 is 0. The van der Waals surface area contributed by atoms with Gasteiger partial charge in [-0.25, -0.2) is 0 Å². The van der Waals surface area contributed by atoms with E-state index in [1.165, 1.54) is 32.4 Å². The Bertz CT molecular complexity index is 692. The smallest absolute Gasteiger partial charge is 0.227 e. The Morgan fingerprint density at radius 1 is 1.04 bits per heavy atom. The zero-order valence-electron chi connectivity index (χ0n) is 15.3. The molecule has 0 saturated carbocycles. The number of hydrogen-bond donors (Lipinski definition) is 0. The van der Waals surface area contributed by atoms with E-state index in [4.69, 9.17) is 0 Å². The highest BCUT2D eigenvalue weighted by molar-refractivity contribution is 5.95. The lowest BCUT2D eigenvalue weighted by Gasteiger charge is -2.33. The second-order valence-electron chi connectivity index (χ2n) is 7.71. The van der Waals surface area contributed by atoms with E-state index in [1.807, 2.05) is 58.4 Å². The third kappa shape index (κ3) is 4.15. The maximum atomic E-state index is 12.4. The van der Waals surface area contributed by atoms with Crippen molar-refractivity contribution in [3.05, 3.63) is 48.8 Å². The predicted octanol–water partition coefficient (Wildman–Crippen LogP) is 3.04. The highest BCUT2D eigenvalue weighted by atomic mass is 16.2. The van der Waals surface area contributed by atoms with Gasteiger partial charge in [0.05, 0.1) is 0 Å². The Hall–Kier alpha value is -2.14. The van der Waals surface area contributed by atoms with Crippen LogP contribution in [-0.4, -0.2) is 46.8 Å². The molecule has 0 N–H and O–H groups in total. The number of aryl methyl sites for hydroxylation is 1. The first kappa shape index (κ1) is 17.3. The van der Waals surface area contributed by atoms with Crippen LogP contribution >= 0.6 is 0 Å². The number of carbonyl (C=O) groups excluding carboxylic acids is 1. The molecule has 2 aliphatic rings. The van der Waals surface area contributed by atoms with Crippen LogP contribution in [0, 0.1) is 11.8 Å². The number of para-hydroxylation sites is 1. The van der Waals surface area contributed by atoms with Crippen LogP contribution in [0.1, 0.15) is 25.7 Å². The molecule has 1 atom stereocenters. The minimum atomic E-state index is 0.273. The number of benzene rings is 1. The second-order valence-corrected chi connectivity index (χ2v) is 7.71. The number of likely N-dealkylation sites (tertiary alicyclic amines) is 1. The van der Waals surface area contributed by atoms with Crippen LogP contribution in [0.4, 0.5) is 5.69 Å². The van der Waals surface area contributed by atoms with Gasteiger partial charge in [-0.05, 0) is 62.4 Å². The Morgan fingerprint density at radius 2 is 1.85 bits per heavy atom. The highest BCUT2D eigenvalue weighted by Crippen LogP contribution is 2.27. The molecule has 2 aromatic rings. The standard InChI is InChI=1S/C21H28N4O/c26-21-15-19(17-25(21)20-5-2-1-3-6-20)16-23-12-7-18(8-13-23)9-14-24-11-4-10-22-24/h1-6,10-11,18-19H,7-9,12-17H2. The summed E-state index contributed by atoms with van der Waals surface area (Å²) in [6.45, 7) is 5.28. The van der Waals surface area contributed by atoms with Crippen molar-refractivity contribution < 1.29 is 4.79 Å². The van der Waals surface area contributed by atoms with Gasteiger partial charge in [0.25, 0.3) is 0 Å². The van der Waals surface area contributed by atoms with E-state index < -0.39 is 0 Å². The molecule has 2 saturated heterocycles. The Kier molecular flexibility index (Phi) is 5.34. The normalized spacial score (nSPS) is 22.2. The summed E-state index contributed by atoms with van der Waals surface area (Å²) < 4.78 is 2.04. The molecule has 0 spiro atoms. The minimum Gasteiger partial charge on any atom is -0.312 e. The van der Waals surface area contributed by atoms with E-state index in [0.717, 1.165) is 31.2 Å². The first-order valence-electron chi connectivity index (χ1n) is 9.83. The number of aromatic nitrogens is 2. The highest BCUT2D eigenvalue weighted by Gasteiger charge is 2.32. The van der Waals surface area contributed by atoms with Gasteiger partial charge in [-0.2, -0.15) is 5.10 Å². The molecule has 1 unspecified atom stereocenters. The fourth-order valence-corrected chi connectivity index (χ4v) is 4.33. The SMILES string of the molecule is O=C1CC(CN2CCC(CCn3cccn3)CC2)CN1c1ccccc1. The van der Waals surface area contributed by atoms with E-state index in [2.05, 4.69) is 10.00 Å². The van der Waals surface area contributed by atoms with Crippen molar-refractivity contribution in [1.82, 2.24) is 14.7 Å². The third-order valence-corrected chi connectivity index (χ3v) is 5.82. The van der Waals surface area contributed by atoms with E-state index in [-0.39, 0.29) is 5.91 Å². The van der Waals surface area contributed by atoms with Gasteiger partial charge >= 0.3 is 0 Å². The number of carbonyl (C=O) groups is 1. The Balaban J connectivity index is 1.22. The van der Waals surface area contributed by atoms with Gasteiger partial charge in [-0.15, -0.1) is 0 Å². The van der Waals surface area contributed by atoms with Crippen molar-refractivity contribution in [3.63, 3.8) is 0 Å². The van der Waals surface area contributed by atoms with Gasteiger partial charge < -0.3 is 9.80 Å². The number of hydrogen-bond acceptors (Lipinski definition) is 3. The number of nitrogens with zero attached hydrogens (tertiary/aromatic N) is 4. The number of anilines is 1. The first-order chi connectivity index (χ1) is 12.8. The van der Waals surface area contributed by atoms with Crippen molar-refractivity contribution in [1.29, 1.82) is 0 Å². The van der Waals surface area contributed by atoms with Gasteiger partial charge in [0.2, 0.25) is 5.91 Å². The van der Waals surface area contributed by atoms with Crippen LogP contribution in [0.2, 0.25) is 0 Å². The molecule has 0 bridgehead atoms. The van der Waals surface area contributed by atoms with Crippen molar-refractivity contribution in [3.8, 4) is 0 Å². The summed E-state index contributed by atoms with van der Waals surface area (Å²) in [6.07, 6.45) is 8.34. The molecule has 5 nitrogen and oxygen atoms in total. The van der Waals surface area contributed by atoms with E-state index in [9.17, 15) is 4.79 Å². The van der Waals surface area contributed by atoms with Gasteiger partial charge in [-0.1, -0.05) is 18.2 Å². The summed E-state index contributed by atoms with van der Waals surface area (Å²) in [4.78, 5) is 16.9. The van der Waals surface area contributed by atoms with Crippen LogP contribution < -0.4 is 4.90 Å². The van der Waals surface area contributed by atoms with Gasteiger partial charge in [0, 0.05) is 44.1 Å². The molecule has 0 radical (unpaired) electrons. The Labute approximate surface area is 155 Å². The summed E-state index contributed by atoms with van der Waals surface area (Å²) in [7, 11) is 0. The summed E-state index contributed by atoms with van der Waals surface area (Å²) in [5, 5.41) is 4.29. The predicted molar refractivity (Wildman–Crippen MR) is 103 cm³/mol. The lowest BCUT2D eigenvalue weighted by atomic mass is 9.93. The second kappa shape index (κ2) is 8.04.